The summed E-state index contributed by atoms with van der Waals surface area (Å²) in [6.45, 7) is 6.50. The largest absolute Gasteiger partial charge is 0.335 e. The highest BCUT2D eigenvalue weighted by Gasteiger charge is 2.20. The minimum atomic E-state index is -0.343. The van der Waals surface area contributed by atoms with Crippen molar-refractivity contribution in [2.45, 2.75) is 33.4 Å². The Kier molecular flexibility index (Phi) is 7.39. The van der Waals surface area contributed by atoms with Crippen molar-refractivity contribution < 1.29 is 9.59 Å². The molecule has 27 heavy (non-hydrogen) atoms. The molecule has 0 aromatic heterocycles. The van der Waals surface area contributed by atoms with Crippen molar-refractivity contribution in [1.29, 1.82) is 0 Å². The van der Waals surface area contributed by atoms with Gasteiger partial charge in [0.25, 0.3) is 5.91 Å². The fourth-order valence-electron chi connectivity index (χ4n) is 2.56. The number of halogens is 1. The molecule has 2 amide bonds. The molecule has 2 aromatic rings. The van der Waals surface area contributed by atoms with Crippen LogP contribution in [0.3, 0.4) is 0 Å². The van der Waals surface area contributed by atoms with E-state index in [4.69, 9.17) is 17.3 Å². The fourth-order valence-corrected chi connectivity index (χ4v) is 2.76. The molecule has 2 unspecified atom stereocenters. The summed E-state index contributed by atoms with van der Waals surface area (Å²) in [5.74, 6) is -0.713. The zero-order valence-corrected chi connectivity index (χ0v) is 16.7. The molecule has 6 heteroatoms. The standard InChI is InChI=1S/C21H26ClN3O2/c1-4-25(13-16-8-6-5-7-9-16)21(27)18-12-17(10-11-19(18)22)24-20(26)14(2)15(3)23/h5-12,14-15H,4,13,23H2,1-3H3,(H,24,26). The van der Waals surface area contributed by atoms with Gasteiger partial charge in [0.05, 0.1) is 16.5 Å². The van der Waals surface area contributed by atoms with Crippen LogP contribution in [0.1, 0.15) is 36.7 Å². The van der Waals surface area contributed by atoms with Gasteiger partial charge in [-0.25, -0.2) is 0 Å². The Morgan fingerprint density at radius 1 is 1.15 bits per heavy atom. The van der Waals surface area contributed by atoms with Gasteiger partial charge in [-0.05, 0) is 37.6 Å². The lowest BCUT2D eigenvalue weighted by Gasteiger charge is -2.22. The van der Waals surface area contributed by atoms with Crippen LogP contribution in [0.25, 0.3) is 0 Å². The van der Waals surface area contributed by atoms with E-state index in [2.05, 4.69) is 5.32 Å². The summed E-state index contributed by atoms with van der Waals surface area (Å²) in [4.78, 5) is 26.9. The fraction of sp³-hybridized carbons (Fsp3) is 0.333. The van der Waals surface area contributed by atoms with Crippen LogP contribution in [0, 0.1) is 5.92 Å². The number of nitrogens with one attached hydrogen (secondary N) is 1. The molecular weight excluding hydrogens is 362 g/mol. The number of hydrogen-bond donors (Lipinski definition) is 2. The van der Waals surface area contributed by atoms with Gasteiger partial charge in [-0.3, -0.25) is 9.59 Å². The molecule has 0 heterocycles. The van der Waals surface area contributed by atoms with Crippen molar-refractivity contribution in [3.05, 3.63) is 64.7 Å². The van der Waals surface area contributed by atoms with Gasteiger partial charge in [-0.2, -0.15) is 0 Å². The molecule has 0 aliphatic rings. The predicted octanol–water partition coefficient (Wildman–Crippen LogP) is 3.92. The van der Waals surface area contributed by atoms with Crippen molar-refractivity contribution >= 4 is 29.1 Å². The molecule has 0 spiro atoms. The van der Waals surface area contributed by atoms with E-state index in [0.717, 1.165) is 5.56 Å². The first kappa shape index (κ1) is 20.9. The Hall–Kier alpha value is -2.37. The van der Waals surface area contributed by atoms with Gasteiger partial charge in [0.2, 0.25) is 5.91 Å². The summed E-state index contributed by atoms with van der Waals surface area (Å²) in [6.07, 6.45) is 0. The Balaban J connectivity index is 2.20. The Bertz CT molecular complexity index is 793. The molecule has 0 saturated heterocycles. The summed E-state index contributed by atoms with van der Waals surface area (Å²) < 4.78 is 0. The SMILES string of the molecule is CCN(Cc1ccccc1)C(=O)c1cc(NC(=O)C(C)C(C)N)ccc1Cl. The number of benzene rings is 2. The van der Waals surface area contributed by atoms with Gasteiger partial charge in [-0.15, -0.1) is 0 Å². The topological polar surface area (TPSA) is 75.4 Å². The number of carbonyl (C=O) groups is 2. The van der Waals surface area contributed by atoms with Crippen molar-refractivity contribution in [2.75, 3.05) is 11.9 Å². The number of nitrogens with zero attached hydrogens (tertiary/aromatic N) is 1. The first-order chi connectivity index (χ1) is 12.8. The lowest BCUT2D eigenvalue weighted by atomic mass is 10.0. The smallest absolute Gasteiger partial charge is 0.255 e. The van der Waals surface area contributed by atoms with E-state index in [1.54, 1.807) is 36.9 Å². The lowest BCUT2D eigenvalue weighted by Crippen LogP contribution is -2.34. The Labute approximate surface area is 165 Å². The van der Waals surface area contributed by atoms with E-state index >= 15 is 0 Å². The van der Waals surface area contributed by atoms with Crippen LogP contribution < -0.4 is 11.1 Å². The molecule has 2 atom stereocenters. The Morgan fingerprint density at radius 3 is 2.41 bits per heavy atom. The van der Waals surface area contributed by atoms with Gasteiger partial charge < -0.3 is 16.0 Å². The average molecular weight is 388 g/mol. The van der Waals surface area contributed by atoms with E-state index in [1.807, 2.05) is 37.3 Å². The van der Waals surface area contributed by atoms with Gasteiger partial charge in [-0.1, -0.05) is 48.9 Å². The molecule has 2 aromatic carbocycles. The second-order valence-electron chi connectivity index (χ2n) is 6.64. The van der Waals surface area contributed by atoms with Gasteiger partial charge >= 0.3 is 0 Å². The van der Waals surface area contributed by atoms with Crippen molar-refractivity contribution in [3.8, 4) is 0 Å². The molecule has 0 fully saturated rings. The third kappa shape index (κ3) is 5.55. The zero-order chi connectivity index (χ0) is 20.0. The van der Waals surface area contributed by atoms with E-state index in [0.29, 0.717) is 29.4 Å². The molecule has 0 radical (unpaired) electrons. The summed E-state index contributed by atoms with van der Waals surface area (Å²) >= 11 is 6.26. The third-order valence-corrected chi connectivity index (χ3v) is 4.88. The van der Waals surface area contributed by atoms with Gasteiger partial charge in [0, 0.05) is 24.8 Å². The zero-order valence-electron chi connectivity index (χ0n) is 15.9. The molecule has 5 nitrogen and oxygen atoms in total. The first-order valence-electron chi connectivity index (χ1n) is 9.02. The van der Waals surface area contributed by atoms with Crippen LogP contribution in [0.5, 0.6) is 0 Å². The molecule has 0 bridgehead atoms. The monoisotopic (exact) mass is 387 g/mol. The van der Waals surface area contributed by atoms with Crippen LogP contribution in [0.2, 0.25) is 5.02 Å². The number of amides is 2. The van der Waals surface area contributed by atoms with Crippen LogP contribution in [-0.2, 0) is 11.3 Å². The van der Waals surface area contributed by atoms with Gasteiger partial charge in [0.15, 0.2) is 0 Å². The van der Waals surface area contributed by atoms with Crippen molar-refractivity contribution in [2.24, 2.45) is 11.7 Å². The van der Waals surface area contributed by atoms with Crippen LogP contribution in [0.15, 0.2) is 48.5 Å². The van der Waals surface area contributed by atoms with E-state index in [-0.39, 0.29) is 23.8 Å². The maximum Gasteiger partial charge on any atom is 0.255 e. The number of hydrogen-bond acceptors (Lipinski definition) is 3. The quantitative estimate of drug-likeness (QED) is 0.755. The second-order valence-corrected chi connectivity index (χ2v) is 7.04. The highest BCUT2D eigenvalue weighted by molar-refractivity contribution is 6.34. The van der Waals surface area contributed by atoms with E-state index < -0.39 is 0 Å². The van der Waals surface area contributed by atoms with Crippen molar-refractivity contribution in [1.82, 2.24) is 4.90 Å². The number of rotatable bonds is 7. The number of nitrogens with two attached hydrogens (primary N) is 1. The normalized spacial score (nSPS) is 12.9. The average Bonchev–Trinajstić information content (AvgIpc) is 2.67. The highest BCUT2D eigenvalue weighted by atomic mass is 35.5. The molecule has 0 saturated carbocycles. The Morgan fingerprint density at radius 2 is 1.81 bits per heavy atom. The molecular formula is C21H26ClN3O2. The predicted molar refractivity (Wildman–Crippen MR) is 110 cm³/mol. The summed E-state index contributed by atoms with van der Waals surface area (Å²) in [5.41, 5.74) is 7.71. The second kappa shape index (κ2) is 9.53. The summed E-state index contributed by atoms with van der Waals surface area (Å²) in [6, 6.07) is 14.4. The van der Waals surface area contributed by atoms with Crippen LogP contribution in [-0.4, -0.2) is 29.3 Å². The van der Waals surface area contributed by atoms with Crippen molar-refractivity contribution in [3.63, 3.8) is 0 Å². The van der Waals surface area contributed by atoms with E-state index in [9.17, 15) is 9.59 Å². The summed E-state index contributed by atoms with van der Waals surface area (Å²) in [7, 11) is 0. The van der Waals surface area contributed by atoms with Gasteiger partial charge in [0.1, 0.15) is 0 Å². The third-order valence-electron chi connectivity index (χ3n) is 4.55. The minimum Gasteiger partial charge on any atom is -0.335 e. The highest BCUT2D eigenvalue weighted by Crippen LogP contribution is 2.23. The van der Waals surface area contributed by atoms with E-state index in [1.165, 1.54) is 0 Å². The molecule has 0 aliphatic carbocycles. The molecule has 144 valence electrons. The number of carbonyl (C=O) groups excluding carboxylic acids is 2. The lowest BCUT2D eigenvalue weighted by molar-refractivity contribution is -0.119. The minimum absolute atomic E-state index is 0.178. The van der Waals surface area contributed by atoms with Crippen LogP contribution >= 0.6 is 11.6 Å². The first-order valence-corrected chi connectivity index (χ1v) is 9.40. The van der Waals surface area contributed by atoms with Crippen LogP contribution in [0.4, 0.5) is 5.69 Å². The summed E-state index contributed by atoms with van der Waals surface area (Å²) in [5, 5.41) is 3.16. The maximum atomic E-state index is 13.0. The molecule has 0 aliphatic heterocycles. The molecule has 3 N–H and O–H groups in total. The maximum absolute atomic E-state index is 13.0. The molecule has 2 rings (SSSR count). The number of anilines is 1.